The van der Waals surface area contributed by atoms with Crippen LogP contribution in [0.25, 0.3) is 0 Å². The highest BCUT2D eigenvalue weighted by Crippen LogP contribution is 2.49. The van der Waals surface area contributed by atoms with Crippen LogP contribution in [-0.2, 0) is 16.0 Å². The van der Waals surface area contributed by atoms with Gasteiger partial charge in [0, 0.05) is 19.6 Å². The summed E-state index contributed by atoms with van der Waals surface area (Å²) < 4.78 is 10.5. The first-order valence-electron chi connectivity index (χ1n) is 9.87. The van der Waals surface area contributed by atoms with Crippen LogP contribution in [0.5, 0.6) is 11.5 Å². The van der Waals surface area contributed by atoms with Gasteiger partial charge in [-0.15, -0.1) is 12.4 Å². The Labute approximate surface area is 178 Å². The van der Waals surface area contributed by atoms with Gasteiger partial charge in [-0.2, -0.15) is 0 Å². The van der Waals surface area contributed by atoms with E-state index in [-0.39, 0.29) is 30.3 Å². The number of carboxylic acids is 1. The first-order chi connectivity index (χ1) is 13.4. The predicted octanol–water partition coefficient (Wildman–Crippen LogP) is 2.36. The van der Waals surface area contributed by atoms with Crippen LogP contribution >= 0.6 is 12.4 Å². The van der Waals surface area contributed by atoms with Crippen molar-refractivity contribution in [2.45, 2.75) is 38.6 Å². The van der Waals surface area contributed by atoms with Gasteiger partial charge in [0.15, 0.2) is 11.5 Å². The Morgan fingerprint density at radius 2 is 2.03 bits per heavy atom. The third-order valence-corrected chi connectivity index (χ3v) is 6.41. The van der Waals surface area contributed by atoms with Gasteiger partial charge in [0.1, 0.15) is 0 Å². The minimum Gasteiger partial charge on any atom is -0.493 e. The molecule has 162 valence electrons. The Bertz CT molecular complexity index is 744. The normalized spacial score (nSPS) is 24.3. The maximum Gasteiger partial charge on any atom is 0.311 e. The number of hydrogen-bond donors (Lipinski definition) is 2. The molecule has 3 atom stereocenters. The number of nitrogens with one attached hydrogen (secondary N) is 1. The van der Waals surface area contributed by atoms with Crippen molar-refractivity contribution in [2.24, 2.45) is 11.3 Å². The van der Waals surface area contributed by atoms with Gasteiger partial charge in [-0.25, -0.2) is 0 Å². The summed E-state index contributed by atoms with van der Waals surface area (Å²) in [7, 11) is 3.19. The van der Waals surface area contributed by atoms with Crippen LogP contribution in [-0.4, -0.2) is 61.8 Å². The van der Waals surface area contributed by atoms with E-state index in [1.54, 1.807) is 14.2 Å². The SMILES string of the molecule is COc1ccc(CCNC(=O)C(C)N2C[C@@H]3CCC[C@@]3(C(=O)O)C2)cc1OC.Cl. The number of methoxy groups -OCH3 is 2. The number of amides is 1. The van der Waals surface area contributed by atoms with Crippen molar-refractivity contribution < 1.29 is 24.2 Å². The minimum atomic E-state index is -0.710. The Morgan fingerprint density at radius 3 is 2.66 bits per heavy atom. The van der Waals surface area contributed by atoms with Crippen LogP contribution in [0, 0.1) is 11.3 Å². The van der Waals surface area contributed by atoms with E-state index in [2.05, 4.69) is 5.32 Å². The van der Waals surface area contributed by atoms with E-state index >= 15 is 0 Å². The van der Waals surface area contributed by atoms with Crippen LogP contribution in [0.3, 0.4) is 0 Å². The zero-order valence-corrected chi connectivity index (χ0v) is 18.1. The summed E-state index contributed by atoms with van der Waals surface area (Å²) in [6.45, 7) is 3.54. The summed E-state index contributed by atoms with van der Waals surface area (Å²) in [5, 5.41) is 12.7. The largest absolute Gasteiger partial charge is 0.493 e. The van der Waals surface area contributed by atoms with Crippen molar-refractivity contribution in [3.05, 3.63) is 23.8 Å². The highest BCUT2D eigenvalue weighted by molar-refractivity contribution is 5.85. The van der Waals surface area contributed by atoms with Gasteiger partial charge in [0.25, 0.3) is 0 Å². The number of benzene rings is 1. The molecule has 8 heteroatoms. The molecule has 1 unspecified atom stereocenters. The third kappa shape index (κ3) is 4.61. The number of carbonyl (C=O) groups is 2. The van der Waals surface area contributed by atoms with Gasteiger partial charge in [-0.05, 0) is 49.8 Å². The average molecular weight is 427 g/mol. The molecule has 1 aliphatic heterocycles. The lowest BCUT2D eigenvalue weighted by molar-refractivity contribution is -0.149. The number of nitrogens with zero attached hydrogens (tertiary/aromatic N) is 1. The molecule has 2 fully saturated rings. The van der Waals surface area contributed by atoms with Crippen molar-refractivity contribution in [2.75, 3.05) is 33.9 Å². The number of rotatable bonds is 8. The molecule has 0 radical (unpaired) electrons. The maximum absolute atomic E-state index is 12.6. The van der Waals surface area contributed by atoms with Crippen LogP contribution < -0.4 is 14.8 Å². The van der Waals surface area contributed by atoms with E-state index < -0.39 is 11.4 Å². The van der Waals surface area contributed by atoms with Crippen molar-refractivity contribution in [3.63, 3.8) is 0 Å². The summed E-state index contributed by atoms with van der Waals surface area (Å²) in [6.07, 6.45) is 3.31. The molecule has 2 aliphatic rings. The zero-order chi connectivity index (χ0) is 20.3. The summed E-state index contributed by atoms with van der Waals surface area (Å²) in [5.41, 5.74) is 0.389. The Kier molecular flexibility index (Phi) is 7.77. The zero-order valence-electron chi connectivity index (χ0n) is 17.3. The fourth-order valence-electron chi connectivity index (χ4n) is 4.65. The molecule has 1 aromatic carbocycles. The van der Waals surface area contributed by atoms with Crippen molar-refractivity contribution in [1.82, 2.24) is 10.2 Å². The van der Waals surface area contributed by atoms with Gasteiger partial charge in [0.2, 0.25) is 5.91 Å². The van der Waals surface area contributed by atoms with Crippen molar-refractivity contribution >= 4 is 24.3 Å². The van der Waals surface area contributed by atoms with Gasteiger partial charge < -0.3 is 19.9 Å². The highest BCUT2D eigenvalue weighted by Gasteiger charge is 2.55. The second kappa shape index (κ2) is 9.67. The topological polar surface area (TPSA) is 88.1 Å². The fraction of sp³-hybridized carbons (Fsp3) is 0.619. The maximum atomic E-state index is 12.6. The van der Waals surface area contributed by atoms with Gasteiger partial charge in [-0.1, -0.05) is 12.5 Å². The quantitative estimate of drug-likeness (QED) is 0.663. The second-order valence-corrected chi connectivity index (χ2v) is 7.89. The monoisotopic (exact) mass is 426 g/mol. The van der Waals surface area contributed by atoms with E-state index in [4.69, 9.17) is 9.47 Å². The first kappa shape index (κ1) is 23.3. The molecular formula is C21H31ClN2O5. The van der Waals surface area contributed by atoms with Gasteiger partial charge >= 0.3 is 5.97 Å². The first-order valence-corrected chi connectivity index (χ1v) is 9.87. The number of likely N-dealkylation sites (tertiary alicyclic amines) is 1. The molecule has 1 aromatic rings. The molecule has 1 heterocycles. The standard InChI is InChI=1S/C21H30N2O5.ClH/c1-14(23-12-16-5-4-9-21(16,13-23)20(25)26)19(24)22-10-8-15-6-7-17(27-2)18(11-15)28-3;/h6-7,11,14,16H,4-5,8-10,12-13H2,1-3H3,(H,22,24)(H,25,26);1H/t14?,16-,21+;/m0./s1. The number of fused-ring (bicyclic) bond motifs is 1. The molecular weight excluding hydrogens is 396 g/mol. The van der Waals surface area contributed by atoms with E-state index in [9.17, 15) is 14.7 Å². The van der Waals surface area contributed by atoms with E-state index in [0.29, 0.717) is 37.6 Å². The molecule has 1 saturated carbocycles. The number of carbonyl (C=O) groups excluding carboxylic acids is 1. The van der Waals surface area contributed by atoms with Gasteiger partial charge in [0.05, 0.1) is 25.7 Å². The lowest BCUT2D eigenvalue weighted by atomic mass is 9.81. The smallest absolute Gasteiger partial charge is 0.311 e. The van der Waals surface area contributed by atoms with E-state index in [0.717, 1.165) is 24.8 Å². The number of hydrogen-bond acceptors (Lipinski definition) is 5. The molecule has 7 nitrogen and oxygen atoms in total. The molecule has 0 bridgehead atoms. The molecule has 1 amide bonds. The molecule has 2 N–H and O–H groups in total. The van der Waals surface area contributed by atoms with Crippen molar-refractivity contribution in [1.29, 1.82) is 0 Å². The van der Waals surface area contributed by atoms with Crippen molar-refractivity contribution in [3.8, 4) is 11.5 Å². The predicted molar refractivity (Wildman–Crippen MR) is 112 cm³/mol. The Hall–Kier alpha value is -1.99. The summed E-state index contributed by atoms with van der Waals surface area (Å²) in [6, 6.07) is 5.39. The van der Waals surface area contributed by atoms with Gasteiger partial charge in [-0.3, -0.25) is 14.5 Å². The summed E-state index contributed by atoms with van der Waals surface area (Å²) in [5.74, 6) is 0.740. The van der Waals surface area contributed by atoms with Crippen LogP contribution in [0.15, 0.2) is 18.2 Å². The van der Waals surface area contributed by atoms with E-state index in [1.165, 1.54) is 0 Å². The van der Waals surface area contributed by atoms with Crippen LogP contribution in [0.1, 0.15) is 31.7 Å². The molecule has 1 aliphatic carbocycles. The number of aliphatic carboxylic acids is 1. The Balaban J connectivity index is 0.00000300. The summed E-state index contributed by atoms with van der Waals surface area (Å²) in [4.78, 5) is 26.4. The minimum absolute atomic E-state index is 0. The molecule has 0 spiro atoms. The van der Waals surface area contributed by atoms with Crippen LogP contribution in [0.2, 0.25) is 0 Å². The molecule has 1 saturated heterocycles. The molecule has 0 aromatic heterocycles. The lowest BCUT2D eigenvalue weighted by Gasteiger charge is -2.26. The number of carboxylic acid groups (broad SMARTS) is 1. The summed E-state index contributed by atoms with van der Waals surface area (Å²) >= 11 is 0. The fourth-order valence-corrected chi connectivity index (χ4v) is 4.65. The highest BCUT2D eigenvalue weighted by atomic mass is 35.5. The molecule has 3 rings (SSSR count). The second-order valence-electron chi connectivity index (χ2n) is 7.89. The lowest BCUT2D eigenvalue weighted by Crippen LogP contribution is -2.46. The molecule has 29 heavy (non-hydrogen) atoms. The average Bonchev–Trinajstić information content (AvgIpc) is 3.25. The number of halogens is 1. The Morgan fingerprint density at radius 1 is 1.31 bits per heavy atom. The number of ether oxygens (including phenoxy) is 2. The van der Waals surface area contributed by atoms with E-state index in [1.807, 2.05) is 30.0 Å². The van der Waals surface area contributed by atoms with Crippen LogP contribution in [0.4, 0.5) is 0 Å². The third-order valence-electron chi connectivity index (χ3n) is 6.41.